The van der Waals surface area contributed by atoms with Crippen molar-refractivity contribution in [2.75, 3.05) is 22.1 Å². The zero-order valence-electron chi connectivity index (χ0n) is 33.4. The average Bonchev–Trinajstić information content (AvgIpc) is 3.25. The van der Waals surface area contributed by atoms with Crippen LogP contribution in [0.3, 0.4) is 0 Å². The summed E-state index contributed by atoms with van der Waals surface area (Å²) >= 11 is 0. The second-order valence-corrected chi connectivity index (χ2v) is 13.4. The number of hydrogen-bond donors (Lipinski definition) is 12. The van der Waals surface area contributed by atoms with E-state index in [1.807, 2.05) is 0 Å². The van der Waals surface area contributed by atoms with Gasteiger partial charge in [0.15, 0.2) is 22.3 Å². The molecule has 27 heteroatoms. The first-order valence-electron chi connectivity index (χ1n) is 18.7. The topological polar surface area (TPSA) is 427 Å². The molecule has 2 amide bonds. The molecule has 342 valence electrons. The van der Waals surface area contributed by atoms with Crippen LogP contribution in [0.1, 0.15) is 57.8 Å². The van der Waals surface area contributed by atoms with Crippen LogP contribution in [-0.2, 0) is 53.3 Å². The molecule has 0 unspecified atom stereocenters. The van der Waals surface area contributed by atoms with Crippen LogP contribution in [-0.4, -0.2) is 108 Å². The summed E-state index contributed by atoms with van der Waals surface area (Å²) in [6.07, 6.45) is 1.68. The second kappa shape index (κ2) is 22.6. The number of aliphatic carboxylic acids is 4. The van der Waals surface area contributed by atoms with Gasteiger partial charge in [-0.15, -0.1) is 0 Å². The summed E-state index contributed by atoms with van der Waals surface area (Å²) < 4.78 is 0. The van der Waals surface area contributed by atoms with E-state index in [-0.39, 0.29) is 105 Å². The maximum absolute atomic E-state index is 12.3. The predicted molar refractivity (Wildman–Crippen MR) is 224 cm³/mol. The standard InChI is InChI=1S/2C19H19N7O6.Pt/c2*20-19-25-15-14(17(30)26-19)23-11(8-22-15)7-21-10-3-1-9(2-4-10)16(29)24-12(18(31)32)5-6-13(27)28;/h2*1-4,8,12,21H,5-7H2,(H,24,29)(H,27,28)(H,31,32)(H3,20,22,25,26,30);/t2*12-;/m00./s1. The molecule has 26 nitrogen and oxygen atoms in total. The fraction of sp³-hybridized carbons (Fsp3) is 0.211. The van der Waals surface area contributed by atoms with Gasteiger partial charge in [0.2, 0.25) is 11.9 Å². The molecule has 2 atom stereocenters. The Balaban J connectivity index is 0.000000280. The molecule has 0 bridgehead atoms. The Bertz CT molecular complexity index is 2650. The van der Waals surface area contributed by atoms with E-state index in [1.165, 1.54) is 36.7 Å². The van der Waals surface area contributed by atoms with Crippen LogP contribution in [0.5, 0.6) is 0 Å². The molecule has 14 N–H and O–H groups in total. The average molecular weight is 1080 g/mol. The van der Waals surface area contributed by atoms with Gasteiger partial charge in [-0.25, -0.2) is 29.5 Å². The van der Waals surface area contributed by atoms with Crippen molar-refractivity contribution in [3.63, 3.8) is 0 Å². The Labute approximate surface area is 378 Å². The number of nitrogens with two attached hydrogens (primary N) is 2. The maximum Gasteiger partial charge on any atom is 0.326 e. The molecular formula is C38H38N14O12Pt. The first-order valence-corrected chi connectivity index (χ1v) is 18.7. The molecule has 6 rings (SSSR count). The quantitative estimate of drug-likeness (QED) is 0.0535. The molecule has 0 spiro atoms. The Morgan fingerprint density at radius 1 is 0.569 bits per heavy atom. The molecule has 0 fully saturated rings. The monoisotopic (exact) mass is 1080 g/mol. The number of H-pyrrole nitrogens is 2. The number of carboxylic acids is 4. The van der Waals surface area contributed by atoms with Crippen LogP contribution in [0.4, 0.5) is 23.3 Å². The maximum atomic E-state index is 12.3. The summed E-state index contributed by atoms with van der Waals surface area (Å²) in [5.41, 5.74) is 12.9. The number of carbonyl (C=O) groups excluding carboxylic acids is 2. The Hall–Kier alpha value is -8.41. The number of hydrogen-bond acceptors (Lipinski definition) is 18. The van der Waals surface area contributed by atoms with Gasteiger partial charge in [0.1, 0.15) is 12.1 Å². The zero-order valence-corrected chi connectivity index (χ0v) is 35.7. The van der Waals surface area contributed by atoms with Gasteiger partial charge < -0.3 is 53.2 Å². The molecule has 4 heterocycles. The van der Waals surface area contributed by atoms with E-state index in [0.717, 1.165) is 0 Å². The smallest absolute Gasteiger partial charge is 0.326 e. The van der Waals surface area contributed by atoms with Crippen molar-refractivity contribution in [2.45, 2.75) is 50.9 Å². The minimum absolute atomic E-state index is 0. The van der Waals surface area contributed by atoms with E-state index in [9.17, 15) is 38.4 Å². The van der Waals surface area contributed by atoms with Gasteiger partial charge in [-0.2, -0.15) is 9.97 Å². The van der Waals surface area contributed by atoms with Gasteiger partial charge in [0.05, 0.1) is 36.9 Å². The second-order valence-electron chi connectivity index (χ2n) is 13.4. The van der Waals surface area contributed by atoms with E-state index in [2.05, 4.69) is 61.1 Å². The van der Waals surface area contributed by atoms with Crippen molar-refractivity contribution in [2.24, 2.45) is 0 Å². The number of carbonyl (C=O) groups is 6. The number of amides is 2. The third-order valence-electron chi connectivity index (χ3n) is 8.71. The zero-order chi connectivity index (χ0) is 46.5. The number of nitrogen functional groups attached to an aromatic ring is 2. The number of rotatable bonds is 18. The number of nitrogens with zero attached hydrogens (tertiary/aromatic N) is 6. The predicted octanol–water partition coefficient (Wildman–Crippen LogP) is -0.0921. The SMILES string of the molecule is Nc1nc2ncc(CNc3ccc(C(=O)N[C@@H](CCC(=O)O)C(=O)O)cc3)nc2c(=O)[nH]1.Nc1nc2ncc(CNc3ccc(C(=O)N[C@@H](CCC(=O)O)C(=O)O)cc3)nc2c(=O)[nH]1.[Pt]. The molecule has 0 aliphatic heterocycles. The summed E-state index contributed by atoms with van der Waals surface area (Å²) in [5.74, 6) is -6.31. The van der Waals surface area contributed by atoms with Gasteiger partial charge >= 0.3 is 23.9 Å². The minimum atomic E-state index is -1.31. The van der Waals surface area contributed by atoms with Crippen LogP contribution in [0.15, 0.2) is 70.5 Å². The molecule has 65 heavy (non-hydrogen) atoms. The number of aromatic amines is 2. The molecule has 0 aliphatic rings. The minimum Gasteiger partial charge on any atom is -0.481 e. The van der Waals surface area contributed by atoms with Crippen LogP contribution >= 0.6 is 0 Å². The van der Waals surface area contributed by atoms with E-state index >= 15 is 0 Å². The van der Waals surface area contributed by atoms with Crippen LogP contribution in [0.25, 0.3) is 22.3 Å². The van der Waals surface area contributed by atoms with E-state index in [4.69, 9.17) is 31.9 Å². The number of fused-ring (bicyclic) bond motifs is 2. The van der Waals surface area contributed by atoms with Crippen molar-refractivity contribution in [3.05, 3.63) is 104 Å². The van der Waals surface area contributed by atoms with Crippen LogP contribution in [0.2, 0.25) is 0 Å². The fourth-order valence-corrected chi connectivity index (χ4v) is 5.51. The molecular weight excluding hydrogens is 1040 g/mol. The van der Waals surface area contributed by atoms with Crippen molar-refractivity contribution in [1.82, 2.24) is 50.5 Å². The number of benzene rings is 2. The van der Waals surface area contributed by atoms with Gasteiger partial charge in [0, 0.05) is 56.4 Å². The summed E-state index contributed by atoms with van der Waals surface area (Å²) in [6, 6.07) is 9.73. The van der Waals surface area contributed by atoms with Crippen LogP contribution < -0.4 is 43.9 Å². The third-order valence-corrected chi connectivity index (χ3v) is 8.71. The molecule has 0 saturated heterocycles. The number of carboxylic acid groups (broad SMARTS) is 4. The molecule has 0 radical (unpaired) electrons. The van der Waals surface area contributed by atoms with Crippen molar-refractivity contribution < 1.29 is 70.3 Å². The first-order chi connectivity index (χ1) is 30.4. The van der Waals surface area contributed by atoms with Gasteiger partial charge in [-0.3, -0.25) is 38.7 Å². The number of anilines is 4. The molecule has 4 aromatic heterocycles. The molecule has 6 aromatic rings. The van der Waals surface area contributed by atoms with E-state index < -0.39 is 58.9 Å². The van der Waals surface area contributed by atoms with Gasteiger partial charge in [0.25, 0.3) is 22.9 Å². The molecule has 0 aliphatic carbocycles. The number of aromatic nitrogens is 8. The molecule has 2 aromatic carbocycles. The number of nitrogens with one attached hydrogen (secondary N) is 6. The van der Waals surface area contributed by atoms with Gasteiger partial charge in [-0.1, -0.05) is 0 Å². The van der Waals surface area contributed by atoms with Crippen molar-refractivity contribution in [3.8, 4) is 0 Å². The van der Waals surface area contributed by atoms with Crippen LogP contribution in [0, 0.1) is 0 Å². The largest absolute Gasteiger partial charge is 0.481 e. The first kappa shape index (κ1) is 49.2. The normalized spacial score (nSPS) is 11.4. The Kier molecular flexibility index (Phi) is 17.1. The summed E-state index contributed by atoms with van der Waals surface area (Å²) in [7, 11) is 0. The third kappa shape index (κ3) is 14.3. The van der Waals surface area contributed by atoms with Gasteiger partial charge in [-0.05, 0) is 61.4 Å². The fourth-order valence-electron chi connectivity index (χ4n) is 5.51. The Morgan fingerprint density at radius 2 is 0.923 bits per heavy atom. The van der Waals surface area contributed by atoms with E-state index in [0.29, 0.717) is 22.8 Å². The van der Waals surface area contributed by atoms with Crippen molar-refractivity contribution >= 4 is 81.3 Å². The summed E-state index contributed by atoms with van der Waals surface area (Å²) in [4.78, 5) is 121. The Morgan fingerprint density at radius 3 is 1.25 bits per heavy atom. The summed E-state index contributed by atoms with van der Waals surface area (Å²) in [5, 5.41) is 46.4. The molecule has 0 saturated carbocycles. The summed E-state index contributed by atoms with van der Waals surface area (Å²) in [6.45, 7) is 0.461. The van der Waals surface area contributed by atoms with E-state index in [1.54, 1.807) is 24.3 Å². The van der Waals surface area contributed by atoms with Crippen molar-refractivity contribution in [1.29, 1.82) is 0 Å².